The van der Waals surface area contributed by atoms with E-state index in [1.54, 1.807) is 22.9 Å². The molecule has 2 aromatic carbocycles. The number of aromatic nitrogens is 1. The Balaban J connectivity index is 1.23. The summed E-state index contributed by atoms with van der Waals surface area (Å²) in [4.78, 5) is 26.3. The minimum Gasteiger partial charge on any atom is -0.378 e. The van der Waals surface area contributed by atoms with Crippen LogP contribution in [0.3, 0.4) is 0 Å². The molecular weight excluding hydrogens is 422 g/mol. The summed E-state index contributed by atoms with van der Waals surface area (Å²) >= 11 is 0. The van der Waals surface area contributed by atoms with Gasteiger partial charge in [-0.2, -0.15) is 0 Å². The van der Waals surface area contributed by atoms with Gasteiger partial charge in [-0.1, -0.05) is 42.5 Å². The number of hydrogen-bond donors (Lipinski definition) is 2. The summed E-state index contributed by atoms with van der Waals surface area (Å²) in [5.74, 6) is 2.15. The largest absolute Gasteiger partial charge is 0.378 e. The van der Waals surface area contributed by atoms with E-state index in [9.17, 15) is 9.59 Å². The lowest BCUT2D eigenvalue weighted by molar-refractivity contribution is 0.0107. The molecule has 0 unspecified atom stereocenters. The molecule has 0 aliphatic heterocycles. The van der Waals surface area contributed by atoms with E-state index in [0.717, 1.165) is 34.7 Å². The lowest BCUT2D eigenvalue weighted by Gasteiger charge is -2.57. The van der Waals surface area contributed by atoms with Crippen LogP contribution >= 0.6 is 0 Å². The summed E-state index contributed by atoms with van der Waals surface area (Å²) in [5, 5.41) is 6.90. The van der Waals surface area contributed by atoms with E-state index < -0.39 is 0 Å². The second-order valence-corrected chi connectivity index (χ2v) is 10.7. The van der Waals surface area contributed by atoms with E-state index in [2.05, 4.69) is 10.6 Å². The Morgan fingerprint density at radius 3 is 2.12 bits per heavy atom. The molecule has 0 atom stereocenters. The first kappa shape index (κ1) is 21.2. The third-order valence-electron chi connectivity index (χ3n) is 8.07. The molecule has 4 aliphatic rings. The first-order valence-electron chi connectivity index (χ1n) is 12.5. The van der Waals surface area contributed by atoms with Crippen LogP contribution in [0.25, 0.3) is 0 Å². The van der Waals surface area contributed by atoms with Crippen LogP contribution in [0.4, 0.5) is 11.4 Å². The van der Waals surface area contributed by atoms with Gasteiger partial charge in [0, 0.05) is 11.7 Å². The van der Waals surface area contributed by atoms with Gasteiger partial charge in [0.2, 0.25) is 0 Å². The van der Waals surface area contributed by atoms with Crippen molar-refractivity contribution in [2.24, 2.45) is 17.8 Å². The fourth-order valence-corrected chi connectivity index (χ4v) is 7.05. The molecule has 1 aromatic heterocycles. The van der Waals surface area contributed by atoms with Gasteiger partial charge in [0.05, 0.1) is 17.9 Å². The summed E-state index contributed by atoms with van der Waals surface area (Å²) in [7, 11) is 0. The molecule has 3 aromatic rings. The lowest BCUT2D eigenvalue weighted by atomic mass is 9.53. The molecule has 4 fully saturated rings. The van der Waals surface area contributed by atoms with Crippen molar-refractivity contribution in [3.63, 3.8) is 0 Å². The zero-order valence-corrected chi connectivity index (χ0v) is 19.4. The van der Waals surface area contributed by atoms with Gasteiger partial charge < -0.3 is 15.2 Å². The second-order valence-electron chi connectivity index (χ2n) is 10.7. The van der Waals surface area contributed by atoms with Gasteiger partial charge in [-0.25, -0.2) is 0 Å². The fourth-order valence-electron chi connectivity index (χ4n) is 7.05. The number of carbonyl (C=O) groups is 1. The van der Waals surface area contributed by atoms with Gasteiger partial charge in [0.25, 0.3) is 11.5 Å². The lowest BCUT2D eigenvalue weighted by Crippen LogP contribution is -2.54. The van der Waals surface area contributed by atoms with Crippen LogP contribution < -0.4 is 16.2 Å². The van der Waals surface area contributed by atoms with Gasteiger partial charge in [0.1, 0.15) is 5.56 Å². The molecule has 7 rings (SSSR count). The van der Waals surface area contributed by atoms with Crippen molar-refractivity contribution in [2.45, 2.75) is 50.6 Å². The van der Waals surface area contributed by atoms with Crippen LogP contribution in [0.2, 0.25) is 0 Å². The number of rotatable bonds is 6. The number of hydrogen-bond acceptors (Lipinski definition) is 3. The molecule has 0 saturated heterocycles. The molecule has 4 saturated carbocycles. The van der Waals surface area contributed by atoms with Crippen LogP contribution in [0.1, 0.15) is 54.4 Å². The zero-order valence-electron chi connectivity index (χ0n) is 19.4. The number of benzene rings is 2. The number of carbonyl (C=O) groups excluding carboxylic acids is 1. The summed E-state index contributed by atoms with van der Waals surface area (Å²) in [5.41, 5.74) is 2.73. The predicted octanol–water partition coefficient (Wildman–Crippen LogP) is 5.53. The van der Waals surface area contributed by atoms with Crippen molar-refractivity contribution < 1.29 is 4.79 Å². The standard InChI is InChI=1S/C29H31N3O2/c33-27(24-9-6-12-32(28(24)34)19-20-7-2-1-3-8-20)30-25-10-4-5-11-26(25)31-29-16-21-13-22(17-29)15-23(14-21)18-29/h1-12,21-23,31H,13-19H2,(H,30,33). The van der Waals surface area contributed by atoms with E-state index >= 15 is 0 Å². The van der Waals surface area contributed by atoms with Crippen molar-refractivity contribution in [1.82, 2.24) is 4.57 Å². The zero-order chi connectivity index (χ0) is 23.1. The molecule has 1 heterocycles. The van der Waals surface area contributed by atoms with Crippen LogP contribution in [-0.2, 0) is 6.54 Å². The van der Waals surface area contributed by atoms with Crippen molar-refractivity contribution in [3.8, 4) is 0 Å². The third kappa shape index (κ3) is 4.04. The minimum absolute atomic E-state index is 0.144. The van der Waals surface area contributed by atoms with E-state index in [1.165, 1.54) is 38.5 Å². The van der Waals surface area contributed by atoms with E-state index in [4.69, 9.17) is 0 Å². The fraction of sp³-hybridized carbons (Fsp3) is 0.379. The molecule has 0 radical (unpaired) electrons. The van der Waals surface area contributed by atoms with Crippen LogP contribution in [-0.4, -0.2) is 16.0 Å². The van der Waals surface area contributed by atoms with Gasteiger partial charge >= 0.3 is 0 Å². The van der Waals surface area contributed by atoms with Crippen LogP contribution in [0.15, 0.2) is 77.7 Å². The Morgan fingerprint density at radius 2 is 1.44 bits per heavy atom. The number of amides is 1. The molecule has 4 aliphatic carbocycles. The highest BCUT2D eigenvalue weighted by Gasteiger charge is 2.51. The maximum absolute atomic E-state index is 13.2. The van der Waals surface area contributed by atoms with Gasteiger partial charge in [0.15, 0.2) is 0 Å². The number of nitrogens with zero attached hydrogens (tertiary/aromatic N) is 1. The Labute approximate surface area is 200 Å². The maximum atomic E-state index is 13.2. The Hall–Kier alpha value is -3.34. The molecule has 5 nitrogen and oxygen atoms in total. The van der Waals surface area contributed by atoms with E-state index in [-0.39, 0.29) is 22.6 Å². The minimum atomic E-state index is -0.368. The highest BCUT2D eigenvalue weighted by atomic mass is 16.2. The maximum Gasteiger partial charge on any atom is 0.263 e. The quantitative estimate of drug-likeness (QED) is 0.516. The molecule has 174 valence electrons. The topological polar surface area (TPSA) is 63.1 Å². The molecule has 0 spiro atoms. The van der Waals surface area contributed by atoms with Crippen molar-refractivity contribution >= 4 is 17.3 Å². The number of anilines is 2. The van der Waals surface area contributed by atoms with Crippen molar-refractivity contribution in [1.29, 1.82) is 0 Å². The highest BCUT2D eigenvalue weighted by Crippen LogP contribution is 2.56. The summed E-state index contributed by atoms with van der Waals surface area (Å²) in [6, 6.07) is 21.1. The van der Waals surface area contributed by atoms with Gasteiger partial charge in [-0.15, -0.1) is 0 Å². The Bertz CT molecular complexity index is 1230. The van der Waals surface area contributed by atoms with Gasteiger partial charge in [-0.3, -0.25) is 9.59 Å². The monoisotopic (exact) mass is 453 g/mol. The smallest absolute Gasteiger partial charge is 0.263 e. The van der Waals surface area contributed by atoms with Crippen LogP contribution in [0, 0.1) is 17.8 Å². The summed E-state index contributed by atoms with van der Waals surface area (Å²) in [6.07, 6.45) is 9.58. The predicted molar refractivity (Wildman–Crippen MR) is 135 cm³/mol. The second kappa shape index (κ2) is 8.46. The third-order valence-corrected chi connectivity index (χ3v) is 8.07. The molecule has 4 bridgehead atoms. The van der Waals surface area contributed by atoms with Crippen molar-refractivity contribution in [3.05, 3.63) is 94.4 Å². The summed E-state index contributed by atoms with van der Waals surface area (Å²) in [6.45, 7) is 0.435. The normalized spacial score (nSPS) is 26.9. The average molecular weight is 454 g/mol. The first-order chi connectivity index (χ1) is 16.6. The summed E-state index contributed by atoms with van der Waals surface area (Å²) < 4.78 is 1.59. The Morgan fingerprint density at radius 1 is 0.824 bits per heavy atom. The Kier molecular flexibility index (Phi) is 5.28. The molecule has 5 heteroatoms. The first-order valence-corrected chi connectivity index (χ1v) is 12.5. The number of pyridine rings is 1. The number of para-hydroxylation sites is 2. The molecule has 1 amide bonds. The van der Waals surface area contributed by atoms with Crippen LogP contribution in [0.5, 0.6) is 0 Å². The van der Waals surface area contributed by atoms with Crippen molar-refractivity contribution in [2.75, 3.05) is 10.6 Å². The van der Waals surface area contributed by atoms with E-state index in [1.807, 2.05) is 54.6 Å². The highest BCUT2D eigenvalue weighted by molar-refractivity contribution is 6.05. The number of nitrogens with one attached hydrogen (secondary N) is 2. The van der Waals surface area contributed by atoms with Gasteiger partial charge in [-0.05, 0) is 86.1 Å². The molecule has 34 heavy (non-hydrogen) atoms. The SMILES string of the molecule is O=C(Nc1ccccc1NC12CC3CC(CC(C3)C1)C2)c1cccn(Cc2ccccc2)c1=O. The van der Waals surface area contributed by atoms with E-state index in [0.29, 0.717) is 6.54 Å². The average Bonchev–Trinajstić information content (AvgIpc) is 2.81. The molecule has 2 N–H and O–H groups in total. The molecular formula is C29H31N3O2.